The van der Waals surface area contributed by atoms with Crippen LogP contribution in [0, 0.1) is 0 Å². The molecule has 0 bridgehead atoms. The van der Waals surface area contributed by atoms with E-state index in [1.807, 2.05) is 6.07 Å². The van der Waals surface area contributed by atoms with Gasteiger partial charge in [-0.15, -0.1) is 0 Å². The molecule has 0 unspecified atom stereocenters. The molecule has 1 saturated carbocycles. The Hall–Kier alpha value is -1.02. The van der Waals surface area contributed by atoms with Crippen LogP contribution in [0.15, 0.2) is 18.2 Å². The van der Waals surface area contributed by atoms with Crippen LogP contribution in [0.25, 0.3) is 0 Å². The Bertz CT molecular complexity index is 327. The fourth-order valence-corrected chi connectivity index (χ4v) is 1.64. The number of nitrogens with two attached hydrogens (primary N) is 2. The second kappa shape index (κ2) is 2.74. The molecule has 1 aliphatic rings. The zero-order valence-electron chi connectivity index (χ0n) is 8.01. The molecule has 2 nitrogen and oxygen atoms in total. The van der Waals surface area contributed by atoms with Gasteiger partial charge in [0.25, 0.3) is 0 Å². The number of rotatable bonds is 2. The molecule has 0 saturated heterocycles. The van der Waals surface area contributed by atoms with E-state index in [1.54, 1.807) is 0 Å². The summed E-state index contributed by atoms with van der Waals surface area (Å²) in [6.45, 7) is 2.12. The molecule has 0 amide bonds. The number of benzene rings is 1. The van der Waals surface area contributed by atoms with Gasteiger partial charge in [0.05, 0.1) is 0 Å². The summed E-state index contributed by atoms with van der Waals surface area (Å²) in [5.74, 6) is 0. The van der Waals surface area contributed by atoms with Crippen LogP contribution in [-0.2, 0) is 12.0 Å². The van der Waals surface area contributed by atoms with E-state index in [2.05, 4.69) is 19.1 Å². The molecule has 0 aromatic heterocycles. The lowest BCUT2D eigenvalue weighted by molar-refractivity contribution is 0.738. The fraction of sp³-hybridized carbons (Fsp3) is 0.455. The molecule has 1 aromatic carbocycles. The first-order chi connectivity index (χ1) is 6.15. The first-order valence-electron chi connectivity index (χ1n) is 4.83. The Labute approximate surface area is 78.9 Å². The standard InChI is InChI=1S/C11H16N2/c1-2-8-7-9(3-4-10(8)12)11(13)5-6-11/h3-4,7H,2,5-6,12-13H2,1H3. The fourth-order valence-electron chi connectivity index (χ4n) is 1.64. The molecule has 0 heterocycles. The maximum absolute atomic E-state index is 6.10. The van der Waals surface area contributed by atoms with Gasteiger partial charge in [0.1, 0.15) is 0 Å². The van der Waals surface area contributed by atoms with E-state index < -0.39 is 0 Å². The second-order valence-electron chi connectivity index (χ2n) is 3.92. The van der Waals surface area contributed by atoms with E-state index in [-0.39, 0.29) is 5.54 Å². The predicted molar refractivity (Wildman–Crippen MR) is 55.3 cm³/mol. The summed E-state index contributed by atoms with van der Waals surface area (Å²) in [4.78, 5) is 0. The highest BCUT2D eigenvalue weighted by Gasteiger charge is 2.39. The van der Waals surface area contributed by atoms with Gasteiger partial charge in [-0.2, -0.15) is 0 Å². The molecule has 4 N–H and O–H groups in total. The van der Waals surface area contributed by atoms with Gasteiger partial charge in [-0.25, -0.2) is 0 Å². The van der Waals surface area contributed by atoms with Gasteiger partial charge in [-0.3, -0.25) is 0 Å². The summed E-state index contributed by atoms with van der Waals surface area (Å²) in [6, 6.07) is 6.19. The van der Waals surface area contributed by atoms with Gasteiger partial charge >= 0.3 is 0 Å². The van der Waals surface area contributed by atoms with Crippen molar-refractivity contribution in [3.8, 4) is 0 Å². The van der Waals surface area contributed by atoms with Crippen LogP contribution in [0.5, 0.6) is 0 Å². The molecule has 70 valence electrons. The highest BCUT2D eigenvalue weighted by molar-refractivity contribution is 5.50. The van der Waals surface area contributed by atoms with E-state index in [0.29, 0.717) is 0 Å². The zero-order chi connectivity index (χ0) is 9.47. The summed E-state index contributed by atoms with van der Waals surface area (Å²) in [5.41, 5.74) is 15.2. The van der Waals surface area contributed by atoms with Gasteiger partial charge in [-0.05, 0) is 36.5 Å². The highest BCUT2D eigenvalue weighted by Crippen LogP contribution is 2.43. The molecule has 13 heavy (non-hydrogen) atoms. The van der Waals surface area contributed by atoms with E-state index in [1.165, 1.54) is 11.1 Å². The van der Waals surface area contributed by atoms with Gasteiger partial charge in [0.2, 0.25) is 0 Å². The minimum absolute atomic E-state index is 0.0301. The van der Waals surface area contributed by atoms with Crippen molar-refractivity contribution in [2.45, 2.75) is 31.7 Å². The highest BCUT2D eigenvalue weighted by atomic mass is 14.8. The number of hydrogen-bond acceptors (Lipinski definition) is 2. The minimum atomic E-state index is -0.0301. The molecule has 2 rings (SSSR count). The van der Waals surface area contributed by atoms with Crippen LogP contribution >= 0.6 is 0 Å². The summed E-state index contributed by atoms with van der Waals surface area (Å²) in [7, 11) is 0. The Morgan fingerprint density at radius 3 is 2.62 bits per heavy atom. The van der Waals surface area contributed by atoms with Crippen molar-refractivity contribution in [3.05, 3.63) is 29.3 Å². The maximum atomic E-state index is 6.10. The molecular weight excluding hydrogens is 160 g/mol. The molecule has 0 radical (unpaired) electrons. The smallest absolute Gasteiger partial charge is 0.0411 e. The molecule has 0 aliphatic heterocycles. The average Bonchev–Trinajstić information content (AvgIpc) is 2.86. The lowest BCUT2D eigenvalue weighted by Crippen LogP contribution is -2.18. The third kappa shape index (κ3) is 1.42. The summed E-state index contributed by atoms with van der Waals surface area (Å²) in [5, 5.41) is 0. The van der Waals surface area contributed by atoms with Gasteiger partial charge in [-0.1, -0.05) is 19.1 Å². The lowest BCUT2D eigenvalue weighted by atomic mass is 10.0. The molecule has 2 heteroatoms. The van der Waals surface area contributed by atoms with Crippen LogP contribution in [0.4, 0.5) is 5.69 Å². The maximum Gasteiger partial charge on any atom is 0.0411 e. The lowest BCUT2D eigenvalue weighted by Gasteiger charge is -2.11. The number of hydrogen-bond donors (Lipinski definition) is 2. The topological polar surface area (TPSA) is 52.0 Å². The Balaban J connectivity index is 2.39. The SMILES string of the molecule is CCc1cc(C2(N)CC2)ccc1N. The van der Waals surface area contributed by atoms with Crippen LogP contribution in [-0.4, -0.2) is 0 Å². The van der Waals surface area contributed by atoms with Gasteiger partial charge < -0.3 is 11.5 Å². The van der Waals surface area contributed by atoms with Crippen LogP contribution < -0.4 is 11.5 Å². The predicted octanol–water partition coefficient (Wildman–Crippen LogP) is 1.78. The Morgan fingerprint density at radius 1 is 1.38 bits per heavy atom. The van der Waals surface area contributed by atoms with E-state index >= 15 is 0 Å². The number of aryl methyl sites for hydroxylation is 1. The van der Waals surface area contributed by atoms with E-state index in [9.17, 15) is 0 Å². The van der Waals surface area contributed by atoms with Crippen molar-refractivity contribution in [1.29, 1.82) is 0 Å². The summed E-state index contributed by atoms with van der Waals surface area (Å²) >= 11 is 0. The third-order valence-electron chi connectivity index (χ3n) is 2.89. The van der Waals surface area contributed by atoms with Crippen molar-refractivity contribution >= 4 is 5.69 Å². The molecular formula is C11H16N2. The summed E-state index contributed by atoms with van der Waals surface area (Å²) in [6.07, 6.45) is 3.20. The first kappa shape index (κ1) is 8.57. The van der Waals surface area contributed by atoms with Crippen molar-refractivity contribution < 1.29 is 0 Å². The van der Waals surface area contributed by atoms with Crippen molar-refractivity contribution in [1.82, 2.24) is 0 Å². The first-order valence-corrected chi connectivity index (χ1v) is 4.83. The Morgan fingerprint density at radius 2 is 2.08 bits per heavy atom. The van der Waals surface area contributed by atoms with Crippen LogP contribution in [0.1, 0.15) is 30.9 Å². The normalized spacial score (nSPS) is 18.6. The molecule has 0 spiro atoms. The second-order valence-corrected chi connectivity index (χ2v) is 3.92. The molecule has 1 aromatic rings. The average molecular weight is 176 g/mol. The molecule has 1 fully saturated rings. The third-order valence-corrected chi connectivity index (χ3v) is 2.89. The minimum Gasteiger partial charge on any atom is -0.399 e. The van der Waals surface area contributed by atoms with E-state index in [4.69, 9.17) is 11.5 Å². The van der Waals surface area contributed by atoms with E-state index in [0.717, 1.165) is 24.9 Å². The van der Waals surface area contributed by atoms with Crippen molar-refractivity contribution in [2.75, 3.05) is 5.73 Å². The van der Waals surface area contributed by atoms with Gasteiger partial charge in [0, 0.05) is 11.2 Å². The van der Waals surface area contributed by atoms with Crippen LogP contribution in [0.3, 0.4) is 0 Å². The summed E-state index contributed by atoms with van der Waals surface area (Å²) < 4.78 is 0. The van der Waals surface area contributed by atoms with Crippen molar-refractivity contribution in [2.24, 2.45) is 5.73 Å². The Kier molecular flexibility index (Phi) is 1.81. The monoisotopic (exact) mass is 176 g/mol. The van der Waals surface area contributed by atoms with Crippen molar-refractivity contribution in [3.63, 3.8) is 0 Å². The number of anilines is 1. The van der Waals surface area contributed by atoms with Gasteiger partial charge in [0.15, 0.2) is 0 Å². The molecule has 1 aliphatic carbocycles. The molecule has 0 atom stereocenters. The zero-order valence-corrected chi connectivity index (χ0v) is 8.01. The largest absolute Gasteiger partial charge is 0.399 e. The number of nitrogen functional groups attached to an aromatic ring is 1. The quantitative estimate of drug-likeness (QED) is 0.675. The van der Waals surface area contributed by atoms with Crippen LogP contribution in [0.2, 0.25) is 0 Å².